The number of aromatic nitrogens is 1. The number of hydrogen-bond donors (Lipinski definition) is 1. The van der Waals surface area contributed by atoms with Crippen LogP contribution in [0.5, 0.6) is 0 Å². The predicted molar refractivity (Wildman–Crippen MR) is 72.6 cm³/mol. The van der Waals surface area contributed by atoms with Crippen molar-refractivity contribution in [1.82, 2.24) is 4.74 Å². The molecule has 0 aliphatic rings. The third-order valence-electron chi connectivity index (χ3n) is 3.12. The van der Waals surface area contributed by atoms with Crippen LogP contribution in [0.4, 0.5) is 5.69 Å². The summed E-state index contributed by atoms with van der Waals surface area (Å²) in [6.07, 6.45) is 0. The van der Waals surface area contributed by atoms with Crippen LogP contribution >= 0.6 is 0 Å². The molecule has 1 heterocycles. The Morgan fingerprint density at radius 2 is 1.95 bits per heavy atom. The van der Waals surface area contributed by atoms with E-state index in [1.165, 1.54) is 4.74 Å². The van der Waals surface area contributed by atoms with E-state index >= 15 is 0 Å². The molecule has 2 aromatic rings. The molecule has 0 fully saturated rings. The molecular formula is C14H16N2O3. The summed E-state index contributed by atoms with van der Waals surface area (Å²) in [6.45, 7) is 5.55. The summed E-state index contributed by atoms with van der Waals surface area (Å²) in [6, 6.07) is 5.70. The third kappa shape index (κ3) is 2.45. The quantitative estimate of drug-likeness (QED) is 0.899. The fraction of sp³-hybridized carbons (Fsp3) is 0.286. The molecule has 2 rings (SSSR count). The van der Waals surface area contributed by atoms with E-state index in [1.807, 2.05) is 32.0 Å². The van der Waals surface area contributed by atoms with E-state index in [4.69, 9.17) is 4.52 Å². The van der Waals surface area contributed by atoms with Gasteiger partial charge in [-0.3, -0.25) is 4.79 Å². The minimum Gasteiger partial charge on any atom is -0.336 e. The number of aryl methyl sites for hydroxylation is 3. The Morgan fingerprint density at radius 1 is 1.26 bits per heavy atom. The Hall–Kier alpha value is -2.30. The number of nitrogens with zero attached hydrogens (tertiary/aromatic N) is 1. The molecule has 0 radical (unpaired) electrons. The van der Waals surface area contributed by atoms with Gasteiger partial charge in [0.05, 0.1) is 5.69 Å². The first-order chi connectivity index (χ1) is 8.90. The second-order valence-electron chi connectivity index (χ2n) is 4.61. The number of hydrogen-bond acceptors (Lipinski definition) is 3. The number of carbonyl (C=O) groups is 1. The molecule has 0 aliphatic heterocycles. The monoisotopic (exact) mass is 260 g/mol. The summed E-state index contributed by atoms with van der Waals surface area (Å²) in [5.74, 6) is -0.446. The van der Waals surface area contributed by atoms with Gasteiger partial charge < -0.3 is 9.84 Å². The van der Waals surface area contributed by atoms with E-state index in [2.05, 4.69) is 5.32 Å². The average Bonchev–Trinajstić information content (AvgIpc) is 2.57. The molecule has 0 spiro atoms. The summed E-state index contributed by atoms with van der Waals surface area (Å²) in [4.78, 5) is 23.7. The highest BCUT2D eigenvalue weighted by Crippen LogP contribution is 2.17. The molecule has 19 heavy (non-hydrogen) atoms. The number of carbonyl (C=O) groups excluding carboxylic acids is 1. The molecule has 5 nitrogen and oxygen atoms in total. The van der Waals surface area contributed by atoms with Crippen molar-refractivity contribution < 1.29 is 9.32 Å². The maximum atomic E-state index is 12.1. The van der Waals surface area contributed by atoms with Crippen molar-refractivity contribution in [2.24, 2.45) is 7.05 Å². The Labute approximate surface area is 110 Å². The van der Waals surface area contributed by atoms with Crippen LogP contribution in [0.25, 0.3) is 0 Å². The van der Waals surface area contributed by atoms with Crippen molar-refractivity contribution in [2.75, 3.05) is 5.32 Å². The van der Waals surface area contributed by atoms with Crippen LogP contribution in [0.15, 0.2) is 27.5 Å². The highest BCUT2D eigenvalue weighted by Gasteiger charge is 2.20. The molecule has 0 aliphatic carbocycles. The maximum Gasteiger partial charge on any atom is 0.370 e. The number of benzene rings is 1. The first-order valence-corrected chi connectivity index (χ1v) is 5.95. The van der Waals surface area contributed by atoms with Gasteiger partial charge in [0.1, 0.15) is 5.56 Å². The minimum absolute atomic E-state index is 0.0440. The van der Waals surface area contributed by atoms with Crippen LogP contribution in [0.2, 0.25) is 0 Å². The van der Waals surface area contributed by atoms with Gasteiger partial charge >= 0.3 is 5.63 Å². The van der Waals surface area contributed by atoms with Crippen LogP contribution in [-0.2, 0) is 7.05 Å². The summed E-state index contributed by atoms with van der Waals surface area (Å²) in [7, 11) is 1.59. The van der Waals surface area contributed by atoms with Crippen molar-refractivity contribution in [2.45, 2.75) is 20.8 Å². The molecule has 0 saturated heterocycles. The van der Waals surface area contributed by atoms with Gasteiger partial charge in [-0.1, -0.05) is 17.7 Å². The van der Waals surface area contributed by atoms with Gasteiger partial charge in [-0.2, -0.15) is 0 Å². The molecule has 1 aromatic heterocycles. The SMILES string of the molecule is Cc1ccc(NC(=O)c2c(C)n(C)oc2=O)c(C)c1. The highest BCUT2D eigenvalue weighted by atomic mass is 16.5. The molecule has 1 N–H and O–H groups in total. The van der Waals surface area contributed by atoms with Crippen molar-refractivity contribution in [1.29, 1.82) is 0 Å². The molecule has 0 bridgehead atoms. The van der Waals surface area contributed by atoms with E-state index in [9.17, 15) is 9.59 Å². The van der Waals surface area contributed by atoms with E-state index in [0.29, 0.717) is 11.4 Å². The maximum absolute atomic E-state index is 12.1. The molecule has 1 amide bonds. The van der Waals surface area contributed by atoms with Crippen LogP contribution in [0.3, 0.4) is 0 Å². The van der Waals surface area contributed by atoms with Gasteiger partial charge in [-0.25, -0.2) is 9.53 Å². The number of anilines is 1. The van der Waals surface area contributed by atoms with Crippen molar-refractivity contribution in [3.8, 4) is 0 Å². The second-order valence-corrected chi connectivity index (χ2v) is 4.61. The van der Waals surface area contributed by atoms with Gasteiger partial charge in [-0.15, -0.1) is 0 Å². The Balaban J connectivity index is 2.33. The molecule has 100 valence electrons. The van der Waals surface area contributed by atoms with Gasteiger partial charge in [0.25, 0.3) is 5.91 Å². The van der Waals surface area contributed by atoms with Gasteiger partial charge in [0, 0.05) is 12.7 Å². The lowest BCUT2D eigenvalue weighted by Gasteiger charge is -2.08. The van der Waals surface area contributed by atoms with Gasteiger partial charge in [0.2, 0.25) is 0 Å². The smallest absolute Gasteiger partial charge is 0.336 e. The Morgan fingerprint density at radius 3 is 2.47 bits per heavy atom. The third-order valence-corrected chi connectivity index (χ3v) is 3.12. The van der Waals surface area contributed by atoms with Crippen molar-refractivity contribution >= 4 is 11.6 Å². The lowest BCUT2D eigenvalue weighted by Crippen LogP contribution is -2.19. The summed E-state index contributed by atoms with van der Waals surface area (Å²) < 4.78 is 6.14. The average molecular weight is 260 g/mol. The Kier molecular flexibility index (Phi) is 3.29. The van der Waals surface area contributed by atoms with Crippen LogP contribution in [0.1, 0.15) is 27.2 Å². The minimum atomic E-state index is -0.623. The summed E-state index contributed by atoms with van der Waals surface area (Å²) in [5, 5.41) is 2.74. The fourth-order valence-electron chi connectivity index (χ4n) is 1.94. The number of amides is 1. The van der Waals surface area contributed by atoms with E-state index < -0.39 is 11.5 Å². The van der Waals surface area contributed by atoms with E-state index in [1.54, 1.807) is 14.0 Å². The summed E-state index contributed by atoms with van der Waals surface area (Å²) in [5.41, 5.74) is 2.69. The highest BCUT2D eigenvalue weighted by molar-refractivity contribution is 6.05. The zero-order chi connectivity index (χ0) is 14.2. The van der Waals surface area contributed by atoms with Crippen LogP contribution < -0.4 is 10.9 Å². The molecule has 1 aromatic carbocycles. The topological polar surface area (TPSA) is 64.2 Å². The second kappa shape index (κ2) is 4.76. The van der Waals surface area contributed by atoms with Gasteiger partial charge in [0.15, 0.2) is 0 Å². The first-order valence-electron chi connectivity index (χ1n) is 5.95. The fourth-order valence-corrected chi connectivity index (χ4v) is 1.94. The molecule has 0 saturated carbocycles. The predicted octanol–water partition coefficient (Wildman–Crippen LogP) is 2.16. The molecule has 0 atom stereocenters. The number of nitrogens with one attached hydrogen (secondary N) is 1. The zero-order valence-corrected chi connectivity index (χ0v) is 11.4. The van der Waals surface area contributed by atoms with E-state index in [0.717, 1.165) is 11.1 Å². The normalized spacial score (nSPS) is 10.5. The van der Waals surface area contributed by atoms with Crippen molar-refractivity contribution in [3.63, 3.8) is 0 Å². The first kappa shape index (κ1) is 13.1. The largest absolute Gasteiger partial charge is 0.370 e. The van der Waals surface area contributed by atoms with Gasteiger partial charge in [-0.05, 0) is 32.4 Å². The molecule has 5 heteroatoms. The van der Waals surface area contributed by atoms with Crippen LogP contribution in [0, 0.1) is 20.8 Å². The lowest BCUT2D eigenvalue weighted by atomic mass is 10.1. The molecular weight excluding hydrogens is 244 g/mol. The summed E-state index contributed by atoms with van der Waals surface area (Å²) >= 11 is 0. The lowest BCUT2D eigenvalue weighted by molar-refractivity contribution is 0.102. The van der Waals surface area contributed by atoms with Crippen molar-refractivity contribution in [3.05, 3.63) is 51.0 Å². The molecule has 0 unspecified atom stereocenters. The zero-order valence-electron chi connectivity index (χ0n) is 11.4. The standard InChI is InChI=1S/C14H16N2O3/c1-8-5-6-11(9(2)7-8)15-13(17)12-10(3)16(4)19-14(12)18/h5-7H,1-4H3,(H,15,17). The number of rotatable bonds is 2. The van der Waals surface area contributed by atoms with E-state index in [-0.39, 0.29) is 5.56 Å². The van der Waals surface area contributed by atoms with Crippen LogP contribution in [-0.4, -0.2) is 10.6 Å². The Bertz CT molecular complexity index is 695.